The molecule has 0 aliphatic carbocycles. The van der Waals surface area contributed by atoms with Gasteiger partial charge in [0.1, 0.15) is 0 Å². The number of anilines is 1. The predicted octanol–water partition coefficient (Wildman–Crippen LogP) is 2.53. The van der Waals surface area contributed by atoms with E-state index in [1.54, 1.807) is 31.2 Å². The standard InChI is InChI=1S/C12H17F2NO/c1-10(16)8-15(9-12(2,13)14)11-6-4-3-5-7-11/h3-7,10,16H,8-9H2,1-2H3. The first-order valence-corrected chi connectivity index (χ1v) is 5.24. The molecule has 0 aliphatic heterocycles. The minimum atomic E-state index is -2.77. The lowest BCUT2D eigenvalue weighted by Gasteiger charge is -2.28. The maximum absolute atomic E-state index is 13.0. The van der Waals surface area contributed by atoms with Gasteiger partial charge in [0.15, 0.2) is 0 Å². The van der Waals surface area contributed by atoms with Crippen molar-refractivity contribution >= 4 is 5.69 Å². The quantitative estimate of drug-likeness (QED) is 0.838. The molecule has 1 aromatic carbocycles. The molecule has 90 valence electrons. The number of nitrogens with zero attached hydrogens (tertiary/aromatic N) is 1. The molecule has 1 rings (SSSR count). The zero-order valence-electron chi connectivity index (χ0n) is 9.53. The summed E-state index contributed by atoms with van der Waals surface area (Å²) in [6, 6.07) is 8.92. The molecule has 2 nitrogen and oxygen atoms in total. The van der Waals surface area contributed by atoms with Crippen molar-refractivity contribution in [3.63, 3.8) is 0 Å². The molecule has 0 aromatic heterocycles. The van der Waals surface area contributed by atoms with E-state index in [9.17, 15) is 13.9 Å². The third-order valence-electron chi connectivity index (χ3n) is 2.07. The molecule has 0 fully saturated rings. The molecule has 0 aliphatic rings. The SMILES string of the molecule is CC(O)CN(CC(C)(F)F)c1ccccc1. The lowest BCUT2D eigenvalue weighted by molar-refractivity contribution is 0.0282. The normalized spacial score (nSPS) is 13.6. The fraction of sp³-hybridized carbons (Fsp3) is 0.500. The van der Waals surface area contributed by atoms with E-state index < -0.39 is 12.0 Å². The summed E-state index contributed by atoms with van der Waals surface area (Å²) in [6.07, 6.45) is -0.637. The number of para-hydroxylation sites is 1. The maximum Gasteiger partial charge on any atom is 0.262 e. The molecule has 4 heteroatoms. The molecule has 1 unspecified atom stereocenters. The Hall–Kier alpha value is -1.16. The number of benzene rings is 1. The van der Waals surface area contributed by atoms with E-state index in [1.807, 2.05) is 6.07 Å². The van der Waals surface area contributed by atoms with Crippen LogP contribution < -0.4 is 4.90 Å². The molecule has 16 heavy (non-hydrogen) atoms. The molecular formula is C12H17F2NO. The molecule has 0 heterocycles. The minimum Gasteiger partial charge on any atom is -0.392 e. The van der Waals surface area contributed by atoms with Crippen molar-refractivity contribution in [2.24, 2.45) is 0 Å². The summed E-state index contributed by atoms with van der Waals surface area (Å²) in [6.45, 7) is 2.28. The highest BCUT2D eigenvalue weighted by molar-refractivity contribution is 5.46. The molecule has 1 aromatic rings. The molecule has 0 bridgehead atoms. The number of alkyl halides is 2. The van der Waals surface area contributed by atoms with Crippen LogP contribution in [-0.2, 0) is 0 Å². The zero-order valence-corrected chi connectivity index (χ0v) is 9.53. The summed E-state index contributed by atoms with van der Waals surface area (Å²) < 4.78 is 26.0. The first kappa shape index (κ1) is 12.9. The smallest absolute Gasteiger partial charge is 0.262 e. The van der Waals surface area contributed by atoms with Gasteiger partial charge in [-0.15, -0.1) is 0 Å². The maximum atomic E-state index is 13.0. The van der Waals surface area contributed by atoms with Gasteiger partial charge in [-0.2, -0.15) is 0 Å². The Labute approximate surface area is 94.5 Å². The summed E-state index contributed by atoms with van der Waals surface area (Å²) in [5, 5.41) is 9.29. The summed E-state index contributed by atoms with van der Waals surface area (Å²) >= 11 is 0. The van der Waals surface area contributed by atoms with Crippen LogP contribution in [0.15, 0.2) is 30.3 Å². The van der Waals surface area contributed by atoms with Crippen LogP contribution >= 0.6 is 0 Å². The summed E-state index contributed by atoms with van der Waals surface area (Å²) in [5.41, 5.74) is 0.699. The molecule has 1 N–H and O–H groups in total. The van der Waals surface area contributed by atoms with Gasteiger partial charge in [-0.3, -0.25) is 0 Å². The monoisotopic (exact) mass is 229 g/mol. The number of hydrogen-bond donors (Lipinski definition) is 1. The van der Waals surface area contributed by atoms with Gasteiger partial charge in [0.05, 0.1) is 12.6 Å². The number of halogens is 2. The molecule has 0 radical (unpaired) electrons. The van der Waals surface area contributed by atoms with Crippen LogP contribution in [0.4, 0.5) is 14.5 Å². The molecule has 0 saturated heterocycles. The highest BCUT2D eigenvalue weighted by Crippen LogP contribution is 2.20. The van der Waals surface area contributed by atoms with Gasteiger partial charge in [0.25, 0.3) is 5.92 Å². The Balaban J connectivity index is 2.80. The lowest BCUT2D eigenvalue weighted by atomic mass is 10.2. The van der Waals surface area contributed by atoms with Crippen molar-refractivity contribution in [1.82, 2.24) is 0 Å². The van der Waals surface area contributed by atoms with Crippen molar-refractivity contribution < 1.29 is 13.9 Å². The number of rotatable bonds is 5. The van der Waals surface area contributed by atoms with Crippen molar-refractivity contribution in [2.45, 2.75) is 25.9 Å². The third-order valence-corrected chi connectivity index (χ3v) is 2.07. The molecule has 0 spiro atoms. The Morgan fingerprint density at radius 2 is 1.88 bits per heavy atom. The largest absolute Gasteiger partial charge is 0.392 e. The van der Waals surface area contributed by atoms with Crippen LogP contribution in [0.1, 0.15) is 13.8 Å². The second-order valence-electron chi connectivity index (χ2n) is 4.14. The van der Waals surface area contributed by atoms with E-state index in [-0.39, 0.29) is 13.1 Å². The summed E-state index contributed by atoms with van der Waals surface area (Å²) in [5.74, 6) is -2.77. The number of aliphatic hydroxyl groups is 1. The average Bonchev–Trinajstić information content (AvgIpc) is 2.15. The highest BCUT2D eigenvalue weighted by atomic mass is 19.3. The van der Waals surface area contributed by atoms with Crippen LogP contribution in [0, 0.1) is 0 Å². The van der Waals surface area contributed by atoms with Crippen LogP contribution in [-0.4, -0.2) is 30.2 Å². The first-order chi connectivity index (χ1) is 7.38. The van der Waals surface area contributed by atoms with Gasteiger partial charge in [-0.25, -0.2) is 8.78 Å². The minimum absolute atomic E-state index is 0.202. The Kier molecular flexibility index (Phi) is 4.24. The van der Waals surface area contributed by atoms with Crippen molar-refractivity contribution in [3.8, 4) is 0 Å². The first-order valence-electron chi connectivity index (χ1n) is 5.24. The van der Waals surface area contributed by atoms with Gasteiger partial charge in [0, 0.05) is 19.2 Å². The predicted molar refractivity (Wildman–Crippen MR) is 61.0 cm³/mol. The Morgan fingerprint density at radius 1 is 1.31 bits per heavy atom. The second-order valence-corrected chi connectivity index (χ2v) is 4.14. The van der Waals surface area contributed by atoms with Gasteiger partial charge >= 0.3 is 0 Å². The summed E-state index contributed by atoms with van der Waals surface area (Å²) in [4.78, 5) is 1.49. The Bertz CT molecular complexity index is 309. The van der Waals surface area contributed by atoms with Crippen LogP contribution in [0.5, 0.6) is 0 Å². The van der Waals surface area contributed by atoms with Crippen molar-refractivity contribution in [1.29, 1.82) is 0 Å². The zero-order chi connectivity index (χ0) is 12.2. The molecule has 1 atom stereocenters. The van der Waals surface area contributed by atoms with Crippen molar-refractivity contribution in [3.05, 3.63) is 30.3 Å². The van der Waals surface area contributed by atoms with E-state index in [0.717, 1.165) is 6.92 Å². The van der Waals surface area contributed by atoms with Crippen LogP contribution in [0.25, 0.3) is 0 Å². The van der Waals surface area contributed by atoms with Gasteiger partial charge in [-0.05, 0) is 19.1 Å². The van der Waals surface area contributed by atoms with E-state index in [2.05, 4.69) is 0 Å². The van der Waals surface area contributed by atoms with E-state index in [1.165, 1.54) is 4.90 Å². The number of hydrogen-bond acceptors (Lipinski definition) is 2. The van der Waals surface area contributed by atoms with E-state index >= 15 is 0 Å². The second kappa shape index (κ2) is 5.25. The summed E-state index contributed by atoms with van der Waals surface area (Å²) in [7, 11) is 0. The van der Waals surface area contributed by atoms with Crippen LogP contribution in [0.3, 0.4) is 0 Å². The lowest BCUT2D eigenvalue weighted by Crippen LogP contribution is -2.39. The topological polar surface area (TPSA) is 23.5 Å². The fourth-order valence-electron chi connectivity index (χ4n) is 1.55. The molecule has 0 amide bonds. The fourth-order valence-corrected chi connectivity index (χ4v) is 1.55. The third kappa shape index (κ3) is 4.57. The highest BCUT2D eigenvalue weighted by Gasteiger charge is 2.25. The van der Waals surface area contributed by atoms with Gasteiger partial charge < -0.3 is 10.0 Å². The Morgan fingerprint density at radius 3 is 2.31 bits per heavy atom. The van der Waals surface area contributed by atoms with Crippen molar-refractivity contribution in [2.75, 3.05) is 18.0 Å². The van der Waals surface area contributed by atoms with Gasteiger partial charge in [-0.1, -0.05) is 18.2 Å². The van der Waals surface area contributed by atoms with E-state index in [0.29, 0.717) is 5.69 Å². The average molecular weight is 229 g/mol. The number of aliphatic hydroxyl groups excluding tert-OH is 1. The van der Waals surface area contributed by atoms with E-state index in [4.69, 9.17) is 0 Å². The molecular weight excluding hydrogens is 212 g/mol. The van der Waals surface area contributed by atoms with Gasteiger partial charge in [0.2, 0.25) is 0 Å². The van der Waals surface area contributed by atoms with Crippen LogP contribution in [0.2, 0.25) is 0 Å². The molecule has 0 saturated carbocycles.